The van der Waals surface area contributed by atoms with Crippen molar-refractivity contribution in [3.63, 3.8) is 0 Å². The lowest BCUT2D eigenvalue weighted by atomic mass is 9.90. The highest BCUT2D eigenvalue weighted by Crippen LogP contribution is 2.49. The first kappa shape index (κ1) is 26.0. The third-order valence-electron chi connectivity index (χ3n) is 7.85. The minimum atomic E-state index is -1.18. The summed E-state index contributed by atoms with van der Waals surface area (Å²) in [5.41, 5.74) is 1.01. The van der Waals surface area contributed by atoms with E-state index in [-0.39, 0.29) is 57.4 Å². The molecule has 6 rings (SSSR count). The van der Waals surface area contributed by atoms with Crippen molar-refractivity contribution in [3.05, 3.63) is 83.6 Å². The van der Waals surface area contributed by atoms with Gasteiger partial charge in [0.2, 0.25) is 11.8 Å². The number of amides is 2. The van der Waals surface area contributed by atoms with Gasteiger partial charge in [-0.05, 0) is 48.6 Å². The number of fused-ring (bicyclic) bond motifs is 3. The van der Waals surface area contributed by atoms with Gasteiger partial charge in [-0.15, -0.1) is 6.58 Å². The smallest absolute Gasteiger partial charge is 0.335 e. The molecule has 39 heavy (non-hydrogen) atoms. The monoisotopic (exact) mass is 524 g/mol. The van der Waals surface area contributed by atoms with Crippen molar-refractivity contribution < 1.29 is 29.4 Å². The number of allylic oxidation sites excluding steroid dienone is 2. The van der Waals surface area contributed by atoms with Crippen molar-refractivity contribution in [2.45, 2.75) is 27.2 Å². The van der Waals surface area contributed by atoms with E-state index in [0.717, 1.165) is 6.42 Å². The summed E-state index contributed by atoms with van der Waals surface area (Å²) < 4.78 is 0. The molecule has 2 fully saturated rings. The Bertz CT molecular complexity index is 1620. The van der Waals surface area contributed by atoms with Crippen LogP contribution in [0.3, 0.4) is 0 Å². The molecule has 4 atom stereocenters. The summed E-state index contributed by atoms with van der Waals surface area (Å²) in [6, 6.07) is 12.4. The molecular weight excluding hydrogens is 496 g/mol. The van der Waals surface area contributed by atoms with Crippen LogP contribution in [0.25, 0.3) is 22.2 Å². The van der Waals surface area contributed by atoms with E-state index in [1.807, 2.05) is 20.8 Å². The van der Waals surface area contributed by atoms with Crippen LogP contribution in [-0.4, -0.2) is 38.8 Å². The van der Waals surface area contributed by atoms with Crippen molar-refractivity contribution in [1.29, 1.82) is 0 Å². The van der Waals surface area contributed by atoms with Gasteiger partial charge in [0.15, 0.2) is 5.78 Å². The summed E-state index contributed by atoms with van der Waals surface area (Å²) >= 11 is 0. The Morgan fingerprint density at radius 2 is 1.74 bits per heavy atom. The van der Waals surface area contributed by atoms with E-state index in [4.69, 9.17) is 0 Å². The van der Waals surface area contributed by atoms with Crippen LogP contribution in [-0.2, 0) is 9.59 Å². The number of rotatable bonds is 4. The zero-order valence-corrected chi connectivity index (χ0v) is 21.8. The van der Waals surface area contributed by atoms with Gasteiger partial charge >= 0.3 is 5.97 Å². The van der Waals surface area contributed by atoms with Gasteiger partial charge in [-0.3, -0.25) is 14.4 Å². The van der Waals surface area contributed by atoms with E-state index >= 15 is 0 Å². The molecule has 3 aliphatic rings. The minimum absolute atomic E-state index is 0.0420. The average molecular weight is 525 g/mol. The first-order valence-corrected chi connectivity index (χ1v) is 13.0. The molecular formula is C31H28N2O6. The van der Waals surface area contributed by atoms with Crippen LogP contribution in [0.1, 0.15) is 59.2 Å². The second kappa shape index (κ2) is 9.62. The molecule has 198 valence electrons. The van der Waals surface area contributed by atoms with Crippen LogP contribution >= 0.6 is 0 Å². The number of ketones is 1. The van der Waals surface area contributed by atoms with Crippen LogP contribution < -0.4 is 4.90 Å². The molecule has 0 radical (unpaired) electrons. The summed E-state index contributed by atoms with van der Waals surface area (Å²) in [4.78, 5) is 57.4. The number of para-hydroxylation sites is 1. The van der Waals surface area contributed by atoms with Crippen molar-refractivity contribution in [2.24, 2.45) is 23.7 Å². The largest absolute Gasteiger partial charge is 0.506 e. The molecule has 2 aliphatic carbocycles. The molecule has 1 saturated carbocycles. The van der Waals surface area contributed by atoms with Gasteiger partial charge in [0.1, 0.15) is 5.76 Å². The number of nitrogens with zero attached hydrogens (tertiary/aromatic N) is 2. The second-order valence-corrected chi connectivity index (χ2v) is 9.84. The van der Waals surface area contributed by atoms with E-state index in [2.05, 4.69) is 11.6 Å². The number of carboxylic acids is 1. The lowest BCUT2D eigenvalue weighted by Crippen LogP contribution is -2.33. The topological polar surface area (TPSA) is 125 Å². The number of aromatic nitrogens is 1. The van der Waals surface area contributed by atoms with Crippen LogP contribution in [0.5, 0.6) is 0 Å². The zero-order valence-electron chi connectivity index (χ0n) is 21.8. The Morgan fingerprint density at radius 1 is 1.03 bits per heavy atom. The molecule has 8 heteroatoms. The third-order valence-corrected chi connectivity index (χ3v) is 7.85. The van der Waals surface area contributed by atoms with E-state index in [9.17, 15) is 29.4 Å². The molecule has 2 heterocycles. The highest BCUT2D eigenvalue weighted by atomic mass is 16.4. The molecule has 0 bridgehead atoms. The predicted octanol–water partition coefficient (Wildman–Crippen LogP) is 5.53. The standard InChI is InChI=1S/C29H22N2O6.C2H6/c1-3-14-11-13(2)21-22(14)28(35)31(27(21)34)20-6-4-5-15-8-10-19(30-24(15)20)23-25(32)17-9-7-16(29(36)37)12-18(17)26(23)33;1-2/h3-10,12-14,21-22,33H,1,11H2,2H3,(H,36,37);1-2H3. The van der Waals surface area contributed by atoms with Gasteiger partial charge in [-0.1, -0.05) is 45.0 Å². The number of benzene rings is 2. The Hall–Kier alpha value is -4.59. The molecule has 2 aromatic carbocycles. The second-order valence-electron chi connectivity index (χ2n) is 9.84. The summed E-state index contributed by atoms with van der Waals surface area (Å²) in [6.07, 6.45) is 2.49. The first-order valence-electron chi connectivity index (χ1n) is 13.0. The van der Waals surface area contributed by atoms with Gasteiger partial charge in [-0.25, -0.2) is 14.7 Å². The number of imide groups is 1. The Balaban J connectivity index is 0.00000151. The van der Waals surface area contributed by atoms with Gasteiger partial charge in [0.05, 0.1) is 39.9 Å². The number of carbonyl (C=O) groups is 4. The maximum atomic E-state index is 13.5. The van der Waals surface area contributed by atoms with E-state index in [0.29, 0.717) is 16.6 Å². The van der Waals surface area contributed by atoms with Crippen molar-refractivity contribution in [3.8, 4) is 0 Å². The lowest BCUT2D eigenvalue weighted by molar-refractivity contribution is -0.123. The van der Waals surface area contributed by atoms with Crippen LogP contribution in [0.4, 0.5) is 5.69 Å². The maximum Gasteiger partial charge on any atom is 0.335 e. The fourth-order valence-electron chi connectivity index (χ4n) is 6.10. The Labute approximate surface area is 225 Å². The van der Waals surface area contributed by atoms with Crippen LogP contribution in [0.2, 0.25) is 0 Å². The van der Waals surface area contributed by atoms with E-state index in [1.165, 1.54) is 23.1 Å². The van der Waals surface area contributed by atoms with Gasteiger partial charge in [-0.2, -0.15) is 0 Å². The highest BCUT2D eigenvalue weighted by Gasteiger charge is 2.57. The number of aromatic carboxylic acids is 1. The summed E-state index contributed by atoms with van der Waals surface area (Å²) in [6.45, 7) is 9.84. The molecule has 1 aromatic heterocycles. The maximum absolute atomic E-state index is 13.5. The molecule has 2 amide bonds. The van der Waals surface area contributed by atoms with Crippen molar-refractivity contribution >= 4 is 51.5 Å². The number of anilines is 1. The first-order chi connectivity index (χ1) is 18.7. The number of carbonyl (C=O) groups excluding carboxylic acids is 3. The molecule has 2 N–H and O–H groups in total. The molecule has 1 aliphatic heterocycles. The summed E-state index contributed by atoms with van der Waals surface area (Å²) in [5, 5.41) is 20.9. The number of aliphatic hydroxyl groups excluding tert-OH is 1. The predicted molar refractivity (Wildman–Crippen MR) is 147 cm³/mol. The molecule has 0 spiro atoms. The fraction of sp³-hybridized carbons (Fsp3) is 0.258. The fourth-order valence-corrected chi connectivity index (χ4v) is 6.10. The van der Waals surface area contributed by atoms with Crippen LogP contribution in [0.15, 0.2) is 61.2 Å². The van der Waals surface area contributed by atoms with Gasteiger partial charge in [0, 0.05) is 16.5 Å². The number of hydrogen-bond donors (Lipinski definition) is 2. The van der Waals surface area contributed by atoms with E-state index < -0.39 is 23.6 Å². The molecule has 4 unspecified atom stereocenters. The Kier molecular flexibility index (Phi) is 6.42. The number of Topliss-reactive ketones (excluding diaryl/α,β-unsaturated/α-hetero) is 1. The normalized spacial score (nSPS) is 23.6. The quantitative estimate of drug-likeness (QED) is 0.340. The molecule has 1 saturated heterocycles. The Morgan fingerprint density at radius 3 is 2.44 bits per heavy atom. The average Bonchev–Trinajstić information content (AvgIpc) is 3.51. The number of aliphatic hydroxyl groups is 1. The highest BCUT2D eigenvalue weighted by molar-refractivity contribution is 6.39. The van der Waals surface area contributed by atoms with E-state index in [1.54, 1.807) is 36.4 Å². The zero-order chi connectivity index (χ0) is 28.2. The molecule has 3 aromatic rings. The number of hydrogen-bond acceptors (Lipinski definition) is 6. The lowest BCUT2D eigenvalue weighted by Gasteiger charge is -2.20. The summed E-state index contributed by atoms with van der Waals surface area (Å²) in [7, 11) is 0. The minimum Gasteiger partial charge on any atom is -0.506 e. The van der Waals surface area contributed by atoms with Crippen molar-refractivity contribution in [1.82, 2.24) is 4.98 Å². The van der Waals surface area contributed by atoms with Gasteiger partial charge in [0.25, 0.3) is 0 Å². The van der Waals surface area contributed by atoms with Crippen LogP contribution in [0, 0.1) is 23.7 Å². The third kappa shape index (κ3) is 3.78. The van der Waals surface area contributed by atoms with Crippen molar-refractivity contribution in [2.75, 3.05) is 4.90 Å². The SMILES string of the molecule is C=CC1CC(C)C2C(=O)N(c3cccc4ccc(C5=C(O)c6cc(C(=O)O)ccc6C5=O)nc34)C(=O)C12.CC. The number of pyridine rings is 1. The molecule has 8 nitrogen and oxygen atoms in total. The van der Waals surface area contributed by atoms with Gasteiger partial charge < -0.3 is 10.2 Å². The summed E-state index contributed by atoms with van der Waals surface area (Å²) in [5.74, 6) is -3.49. The number of carboxylic acid groups (broad SMARTS) is 1.